The Labute approximate surface area is 111 Å². The Morgan fingerprint density at radius 1 is 1.58 bits per heavy atom. The van der Waals surface area contributed by atoms with E-state index >= 15 is 0 Å². The lowest BCUT2D eigenvalue weighted by Gasteiger charge is -2.20. The fraction of sp³-hybridized carbons (Fsp3) is 0.500. The van der Waals surface area contributed by atoms with Gasteiger partial charge in [0.05, 0.1) is 11.7 Å². The average Bonchev–Trinajstić information content (AvgIpc) is 2.81. The number of carboxylic acids is 1. The molecule has 1 atom stereocenters. The van der Waals surface area contributed by atoms with Gasteiger partial charge in [0.2, 0.25) is 0 Å². The highest BCUT2D eigenvalue weighted by atomic mass is 19.1. The summed E-state index contributed by atoms with van der Waals surface area (Å²) in [5.41, 5.74) is 0.480. The first-order valence-corrected chi connectivity index (χ1v) is 6.38. The van der Waals surface area contributed by atoms with E-state index in [0.29, 0.717) is 6.54 Å². The highest BCUT2D eigenvalue weighted by Crippen LogP contribution is 2.15. The van der Waals surface area contributed by atoms with Gasteiger partial charge in [0.25, 0.3) is 0 Å². The molecule has 0 aliphatic carbocycles. The minimum absolute atomic E-state index is 0.258. The predicted molar refractivity (Wildman–Crippen MR) is 68.7 cm³/mol. The van der Waals surface area contributed by atoms with Crippen LogP contribution in [-0.2, 0) is 11.3 Å². The molecule has 1 fully saturated rings. The van der Waals surface area contributed by atoms with Crippen LogP contribution in [-0.4, -0.2) is 42.3 Å². The van der Waals surface area contributed by atoms with E-state index in [1.807, 2.05) is 7.05 Å². The van der Waals surface area contributed by atoms with Gasteiger partial charge in [-0.05, 0) is 37.6 Å². The Morgan fingerprint density at radius 2 is 2.37 bits per heavy atom. The van der Waals surface area contributed by atoms with Crippen molar-refractivity contribution in [1.82, 2.24) is 4.90 Å². The maximum absolute atomic E-state index is 13.5. The van der Waals surface area contributed by atoms with E-state index in [1.165, 1.54) is 12.1 Å². The minimum Gasteiger partial charge on any atom is -0.478 e. The van der Waals surface area contributed by atoms with Crippen LogP contribution in [0, 0.1) is 5.82 Å². The highest BCUT2D eigenvalue weighted by molar-refractivity contribution is 5.87. The lowest BCUT2D eigenvalue weighted by Crippen LogP contribution is -2.28. The molecule has 1 N–H and O–H groups in total. The molecule has 1 heterocycles. The predicted octanol–water partition coefficient (Wildman–Crippen LogP) is 2.13. The average molecular weight is 267 g/mol. The number of rotatable bonds is 5. The lowest BCUT2D eigenvalue weighted by molar-refractivity contribution is 0.0692. The maximum atomic E-state index is 13.5. The zero-order valence-corrected chi connectivity index (χ0v) is 10.9. The molecule has 1 aromatic carbocycles. The number of ether oxygens (including phenoxy) is 1. The molecule has 0 spiro atoms. The number of halogens is 1. The van der Waals surface area contributed by atoms with Gasteiger partial charge < -0.3 is 9.84 Å². The number of aromatic carboxylic acids is 1. The van der Waals surface area contributed by atoms with Crippen LogP contribution in [0.3, 0.4) is 0 Å². The van der Waals surface area contributed by atoms with E-state index < -0.39 is 11.8 Å². The largest absolute Gasteiger partial charge is 0.478 e. The molecule has 2 rings (SSSR count). The minimum atomic E-state index is -1.24. The molecule has 0 saturated carbocycles. The van der Waals surface area contributed by atoms with Crippen LogP contribution in [0.1, 0.15) is 28.8 Å². The van der Waals surface area contributed by atoms with Gasteiger partial charge in [0.15, 0.2) is 0 Å². The van der Waals surface area contributed by atoms with Gasteiger partial charge in [-0.15, -0.1) is 0 Å². The number of hydrogen-bond acceptors (Lipinski definition) is 3. The molecule has 4 nitrogen and oxygen atoms in total. The van der Waals surface area contributed by atoms with Crippen molar-refractivity contribution in [2.75, 3.05) is 20.2 Å². The van der Waals surface area contributed by atoms with Crippen molar-refractivity contribution in [3.8, 4) is 0 Å². The first-order valence-electron chi connectivity index (χ1n) is 6.38. The lowest BCUT2D eigenvalue weighted by atomic mass is 10.1. The summed E-state index contributed by atoms with van der Waals surface area (Å²) in [6.45, 7) is 2.21. The molecule has 19 heavy (non-hydrogen) atoms. The van der Waals surface area contributed by atoms with E-state index in [2.05, 4.69) is 4.90 Å². The van der Waals surface area contributed by atoms with Crippen LogP contribution in [0.2, 0.25) is 0 Å². The molecule has 1 aliphatic heterocycles. The van der Waals surface area contributed by atoms with Crippen LogP contribution in [0.25, 0.3) is 0 Å². The molecule has 1 saturated heterocycles. The van der Waals surface area contributed by atoms with E-state index in [1.54, 1.807) is 6.07 Å². The zero-order chi connectivity index (χ0) is 13.8. The highest BCUT2D eigenvalue weighted by Gasteiger charge is 2.18. The second-order valence-electron chi connectivity index (χ2n) is 4.95. The summed E-state index contributed by atoms with van der Waals surface area (Å²) >= 11 is 0. The van der Waals surface area contributed by atoms with Crippen molar-refractivity contribution in [3.05, 3.63) is 35.1 Å². The Hall–Kier alpha value is -1.46. The van der Waals surface area contributed by atoms with Gasteiger partial charge in [-0.2, -0.15) is 0 Å². The van der Waals surface area contributed by atoms with Gasteiger partial charge in [-0.1, -0.05) is 6.07 Å². The SMILES string of the molecule is CN(Cc1ccc(C(=O)O)c(F)c1)CC1CCCO1. The number of carbonyl (C=O) groups is 1. The summed E-state index contributed by atoms with van der Waals surface area (Å²) < 4.78 is 19.1. The van der Waals surface area contributed by atoms with E-state index in [-0.39, 0.29) is 11.7 Å². The zero-order valence-electron chi connectivity index (χ0n) is 10.9. The molecule has 5 heteroatoms. The van der Waals surface area contributed by atoms with Crippen molar-refractivity contribution < 1.29 is 19.0 Å². The van der Waals surface area contributed by atoms with Crippen molar-refractivity contribution in [2.45, 2.75) is 25.5 Å². The molecular weight excluding hydrogens is 249 g/mol. The van der Waals surface area contributed by atoms with Gasteiger partial charge in [0, 0.05) is 19.7 Å². The summed E-state index contributed by atoms with van der Waals surface area (Å²) in [7, 11) is 1.95. The quantitative estimate of drug-likeness (QED) is 0.888. The van der Waals surface area contributed by atoms with Crippen molar-refractivity contribution in [1.29, 1.82) is 0 Å². The molecule has 1 unspecified atom stereocenters. The van der Waals surface area contributed by atoms with E-state index in [0.717, 1.165) is 31.6 Å². The molecular formula is C14H18FNO3. The molecule has 0 bridgehead atoms. The Morgan fingerprint density at radius 3 is 2.95 bits per heavy atom. The smallest absolute Gasteiger partial charge is 0.338 e. The Kier molecular flexibility index (Phi) is 4.50. The second kappa shape index (κ2) is 6.12. The third kappa shape index (κ3) is 3.75. The first-order chi connectivity index (χ1) is 9.06. The number of carboxylic acid groups (broad SMARTS) is 1. The van der Waals surface area contributed by atoms with Crippen LogP contribution < -0.4 is 0 Å². The number of benzene rings is 1. The number of hydrogen-bond donors (Lipinski definition) is 1. The van der Waals surface area contributed by atoms with E-state index in [4.69, 9.17) is 9.84 Å². The second-order valence-corrected chi connectivity index (χ2v) is 4.95. The van der Waals surface area contributed by atoms with Gasteiger partial charge in [-0.3, -0.25) is 4.90 Å². The topological polar surface area (TPSA) is 49.8 Å². The normalized spacial score (nSPS) is 19.0. The number of likely N-dealkylation sites (N-methyl/N-ethyl adjacent to an activating group) is 1. The summed E-state index contributed by atoms with van der Waals surface area (Å²) in [6.07, 6.45) is 2.42. The summed E-state index contributed by atoms with van der Waals surface area (Å²) in [5.74, 6) is -1.92. The third-order valence-electron chi connectivity index (χ3n) is 3.26. The van der Waals surface area contributed by atoms with Crippen molar-refractivity contribution in [2.24, 2.45) is 0 Å². The molecule has 0 amide bonds. The third-order valence-corrected chi connectivity index (χ3v) is 3.26. The summed E-state index contributed by atoms with van der Waals surface area (Å²) in [4.78, 5) is 12.8. The van der Waals surface area contributed by atoms with Crippen LogP contribution in [0.5, 0.6) is 0 Å². The molecule has 1 aliphatic rings. The Bertz CT molecular complexity index is 458. The molecule has 1 aromatic rings. The fourth-order valence-corrected chi connectivity index (χ4v) is 2.34. The maximum Gasteiger partial charge on any atom is 0.338 e. The molecule has 0 radical (unpaired) electrons. The number of nitrogens with zero attached hydrogens (tertiary/aromatic N) is 1. The fourth-order valence-electron chi connectivity index (χ4n) is 2.34. The van der Waals surface area contributed by atoms with Gasteiger partial charge in [-0.25, -0.2) is 9.18 Å². The summed E-state index contributed by atoms with van der Waals surface area (Å²) in [6, 6.07) is 4.25. The monoisotopic (exact) mass is 267 g/mol. The van der Waals surface area contributed by atoms with Gasteiger partial charge in [0.1, 0.15) is 5.82 Å². The molecule has 0 aromatic heterocycles. The molecule has 104 valence electrons. The van der Waals surface area contributed by atoms with Crippen LogP contribution in [0.4, 0.5) is 4.39 Å². The Balaban J connectivity index is 1.94. The van der Waals surface area contributed by atoms with Crippen LogP contribution in [0.15, 0.2) is 18.2 Å². The summed E-state index contributed by atoms with van der Waals surface area (Å²) in [5, 5.41) is 8.76. The standard InChI is InChI=1S/C14H18FNO3/c1-16(9-11-3-2-6-19-11)8-10-4-5-12(14(17)18)13(15)7-10/h4-5,7,11H,2-3,6,8-9H2,1H3,(H,17,18). The van der Waals surface area contributed by atoms with Gasteiger partial charge >= 0.3 is 5.97 Å². The first kappa shape index (κ1) is 14.0. The van der Waals surface area contributed by atoms with Crippen molar-refractivity contribution >= 4 is 5.97 Å². The van der Waals surface area contributed by atoms with E-state index in [9.17, 15) is 9.18 Å². The van der Waals surface area contributed by atoms with Crippen LogP contribution >= 0.6 is 0 Å². The van der Waals surface area contributed by atoms with Crippen molar-refractivity contribution in [3.63, 3.8) is 0 Å².